The van der Waals surface area contributed by atoms with E-state index in [2.05, 4.69) is 39.8 Å². The predicted molar refractivity (Wildman–Crippen MR) is 117 cm³/mol. The van der Waals surface area contributed by atoms with Gasteiger partial charge in [0.15, 0.2) is 0 Å². The summed E-state index contributed by atoms with van der Waals surface area (Å²) in [7, 11) is 4.01. The minimum absolute atomic E-state index is 0.0832. The summed E-state index contributed by atoms with van der Waals surface area (Å²) in [4.78, 5) is 41.3. The van der Waals surface area contributed by atoms with Crippen molar-refractivity contribution < 1.29 is 19.1 Å². The lowest BCUT2D eigenvalue weighted by Crippen LogP contribution is -2.51. The summed E-state index contributed by atoms with van der Waals surface area (Å²) in [5, 5.41) is 5.11. The zero-order chi connectivity index (χ0) is 22.0. The molecule has 8 nitrogen and oxygen atoms in total. The van der Waals surface area contributed by atoms with Gasteiger partial charge in [0.25, 0.3) is 5.91 Å². The van der Waals surface area contributed by atoms with Crippen LogP contribution in [0.3, 0.4) is 0 Å². The smallest absolute Gasteiger partial charge is 0.322 e. The van der Waals surface area contributed by atoms with E-state index in [0.29, 0.717) is 38.8 Å². The first-order chi connectivity index (χ1) is 14.9. The van der Waals surface area contributed by atoms with Crippen LogP contribution in [-0.4, -0.2) is 61.6 Å². The zero-order valence-corrected chi connectivity index (χ0v) is 18.4. The molecule has 1 aliphatic carbocycles. The second-order valence-electron chi connectivity index (χ2n) is 9.18. The largest absolute Gasteiger partial charge is 0.378 e. The van der Waals surface area contributed by atoms with Crippen LogP contribution in [0.1, 0.15) is 44.1 Å². The number of hydrogen-bond donors (Lipinski definition) is 2. The molecule has 1 atom stereocenters. The van der Waals surface area contributed by atoms with Crippen LogP contribution in [-0.2, 0) is 20.9 Å². The van der Waals surface area contributed by atoms with Crippen LogP contribution in [0.15, 0.2) is 24.3 Å². The number of amides is 4. The monoisotopic (exact) mass is 428 g/mol. The molecule has 3 aliphatic rings. The average Bonchev–Trinajstić information content (AvgIpc) is 3.35. The summed E-state index contributed by atoms with van der Waals surface area (Å²) in [6.07, 6.45) is 4.26. The van der Waals surface area contributed by atoms with E-state index in [4.69, 9.17) is 4.74 Å². The van der Waals surface area contributed by atoms with E-state index >= 15 is 0 Å². The molecule has 2 aliphatic heterocycles. The van der Waals surface area contributed by atoms with Crippen molar-refractivity contribution in [2.75, 3.05) is 32.1 Å². The fourth-order valence-corrected chi connectivity index (χ4v) is 4.88. The number of nitrogens with zero attached hydrogens (tertiary/aromatic N) is 2. The summed E-state index contributed by atoms with van der Waals surface area (Å²) in [5.41, 5.74) is 1.37. The van der Waals surface area contributed by atoms with Crippen LogP contribution in [0.5, 0.6) is 0 Å². The van der Waals surface area contributed by atoms with E-state index in [1.165, 1.54) is 0 Å². The molecule has 2 heterocycles. The Hall–Kier alpha value is -2.61. The molecule has 1 saturated carbocycles. The maximum absolute atomic E-state index is 13.5. The van der Waals surface area contributed by atoms with Crippen molar-refractivity contribution in [3.8, 4) is 0 Å². The molecule has 1 unspecified atom stereocenters. The number of carbonyl (C=O) groups excluding carboxylic acids is 3. The van der Waals surface area contributed by atoms with Gasteiger partial charge < -0.3 is 19.9 Å². The first-order valence-corrected chi connectivity index (χ1v) is 11.2. The molecular weight excluding hydrogens is 396 g/mol. The molecule has 31 heavy (non-hydrogen) atoms. The van der Waals surface area contributed by atoms with Gasteiger partial charge in [-0.05, 0) is 56.2 Å². The molecule has 168 valence electrons. The van der Waals surface area contributed by atoms with Gasteiger partial charge in [0, 0.05) is 45.4 Å². The van der Waals surface area contributed by atoms with Crippen molar-refractivity contribution in [1.29, 1.82) is 0 Å². The van der Waals surface area contributed by atoms with E-state index in [9.17, 15) is 14.4 Å². The number of rotatable bonds is 6. The Kier molecular flexibility index (Phi) is 6.18. The summed E-state index contributed by atoms with van der Waals surface area (Å²) in [6.45, 7) is 1.89. The number of hydrogen-bond acceptors (Lipinski definition) is 5. The first kappa shape index (κ1) is 21.6. The SMILES string of the molecule is CN(C)c1ccc(CN(CC2CCCO2)C(=O)C2CCC3(CC2)NC(=O)NC3=O)cc1. The number of ether oxygens (including phenoxy) is 1. The highest BCUT2D eigenvalue weighted by atomic mass is 16.5. The van der Waals surface area contributed by atoms with Gasteiger partial charge >= 0.3 is 6.03 Å². The number of anilines is 1. The van der Waals surface area contributed by atoms with E-state index in [1.54, 1.807) is 0 Å². The minimum Gasteiger partial charge on any atom is -0.378 e. The van der Waals surface area contributed by atoms with Crippen LogP contribution in [0, 0.1) is 5.92 Å². The Bertz CT molecular complexity index is 824. The molecule has 4 amide bonds. The van der Waals surface area contributed by atoms with Crippen LogP contribution < -0.4 is 15.5 Å². The third kappa shape index (κ3) is 4.69. The molecule has 2 N–H and O–H groups in total. The second kappa shape index (κ2) is 8.86. The maximum Gasteiger partial charge on any atom is 0.322 e. The summed E-state index contributed by atoms with van der Waals surface area (Å²) in [5.74, 6) is -0.286. The fraction of sp³-hybridized carbons (Fsp3) is 0.609. The molecule has 0 radical (unpaired) electrons. The van der Waals surface area contributed by atoms with E-state index < -0.39 is 11.6 Å². The van der Waals surface area contributed by atoms with Gasteiger partial charge in [-0.3, -0.25) is 14.9 Å². The van der Waals surface area contributed by atoms with Gasteiger partial charge in [-0.25, -0.2) is 4.79 Å². The van der Waals surface area contributed by atoms with Gasteiger partial charge in [0.2, 0.25) is 5.91 Å². The lowest BCUT2D eigenvalue weighted by molar-refractivity contribution is -0.140. The van der Waals surface area contributed by atoms with Crippen LogP contribution in [0.25, 0.3) is 0 Å². The number of urea groups is 1. The Balaban J connectivity index is 1.44. The van der Waals surface area contributed by atoms with Crippen molar-refractivity contribution >= 4 is 23.5 Å². The van der Waals surface area contributed by atoms with E-state index in [1.807, 2.05) is 19.0 Å². The number of imide groups is 1. The number of benzene rings is 1. The third-order valence-corrected chi connectivity index (χ3v) is 6.79. The molecule has 8 heteroatoms. The van der Waals surface area contributed by atoms with Gasteiger partial charge in [0.1, 0.15) is 5.54 Å². The molecule has 4 rings (SSSR count). The van der Waals surface area contributed by atoms with Crippen molar-refractivity contribution in [3.63, 3.8) is 0 Å². The normalized spacial score (nSPS) is 27.8. The Morgan fingerprint density at radius 2 is 1.84 bits per heavy atom. The fourth-order valence-electron chi connectivity index (χ4n) is 4.88. The quantitative estimate of drug-likeness (QED) is 0.677. The number of nitrogens with one attached hydrogen (secondary N) is 2. The summed E-state index contributed by atoms with van der Waals surface area (Å²) < 4.78 is 5.81. The van der Waals surface area contributed by atoms with Crippen molar-refractivity contribution in [1.82, 2.24) is 15.5 Å². The maximum atomic E-state index is 13.5. The highest BCUT2D eigenvalue weighted by Crippen LogP contribution is 2.35. The highest BCUT2D eigenvalue weighted by Gasteiger charge is 2.49. The van der Waals surface area contributed by atoms with Crippen molar-refractivity contribution in [2.45, 2.75) is 56.7 Å². The van der Waals surface area contributed by atoms with Gasteiger partial charge in [-0.1, -0.05) is 12.1 Å². The Morgan fingerprint density at radius 1 is 1.13 bits per heavy atom. The standard InChI is InChI=1S/C23H32N4O4/c1-26(2)18-7-5-16(6-8-18)14-27(15-19-4-3-13-31-19)20(28)17-9-11-23(12-10-17)21(29)24-22(30)25-23/h5-8,17,19H,3-4,9-15H2,1-2H3,(H2,24,25,29,30). The number of carbonyl (C=O) groups is 3. The molecule has 2 saturated heterocycles. The van der Waals surface area contributed by atoms with Crippen LogP contribution in [0.2, 0.25) is 0 Å². The first-order valence-electron chi connectivity index (χ1n) is 11.2. The summed E-state index contributed by atoms with van der Waals surface area (Å²) in [6, 6.07) is 7.83. The van der Waals surface area contributed by atoms with E-state index in [-0.39, 0.29) is 23.8 Å². The molecule has 3 fully saturated rings. The molecule has 1 aromatic rings. The van der Waals surface area contributed by atoms with Crippen LogP contribution >= 0.6 is 0 Å². The zero-order valence-electron chi connectivity index (χ0n) is 18.4. The minimum atomic E-state index is -0.838. The molecule has 0 bridgehead atoms. The van der Waals surface area contributed by atoms with Gasteiger partial charge in [0.05, 0.1) is 6.10 Å². The van der Waals surface area contributed by atoms with Crippen molar-refractivity contribution in [2.24, 2.45) is 5.92 Å². The average molecular weight is 429 g/mol. The van der Waals surface area contributed by atoms with E-state index in [0.717, 1.165) is 30.7 Å². The second-order valence-corrected chi connectivity index (χ2v) is 9.18. The van der Waals surface area contributed by atoms with Crippen molar-refractivity contribution in [3.05, 3.63) is 29.8 Å². The predicted octanol–water partition coefficient (Wildman–Crippen LogP) is 2.03. The molecule has 1 spiro atoms. The summed E-state index contributed by atoms with van der Waals surface area (Å²) >= 11 is 0. The van der Waals surface area contributed by atoms with Gasteiger partial charge in [-0.15, -0.1) is 0 Å². The lowest BCUT2D eigenvalue weighted by atomic mass is 9.76. The van der Waals surface area contributed by atoms with Gasteiger partial charge in [-0.2, -0.15) is 0 Å². The Labute approximate surface area is 183 Å². The molecule has 1 aromatic carbocycles. The topological polar surface area (TPSA) is 91.0 Å². The molecular formula is C23H32N4O4. The highest BCUT2D eigenvalue weighted by molar-refractivity contribution is 6.07. The third-order valence-electron chi connectivity index (χ3n) is 6.79. The van der Waals surface area contributed by atoms with Crippen LogP contribution in [0.4, 0.5) is 10.5 Å². The Morgan fingerprint density at radius 3 is 2.39 bits per heavy atom. The molecule has 0 aromatic heterocycles. The lowest BCUT2D eigenvalue weighted by Gasteiger charge is -2.36.